The van der Waals surface area contributed by atoms with Crippen LogP contribution in [0.3, 0.4) is 0 Å². The Morgan fingerprint density at radius 1 is 1.14 bits per heavy atom. The van der Waals surface area contributed by atoms with Gasteiger partial charge in [-0.25, -0.2) is 0 Å². The predicted octanol–water partition coefficient (Wildman–Crippen LogP) is 1.56. The molecule has 1 aromatic rings. The van der Waals surface area contributed by atoms with Crippen molar-refractivity contribution in [2.75, 3.05) is 27.2 Å². The van der Waals surface area contributed by atoms with Crippen LogP contribution in [-0.4, -0.2) is 49.9 Å². The summed E-state index contributed by atoms with van der Waals surface area (Å²) in [6.45, 7) is 1.68. The van der Waals surface area contributed by atoms with Crippen LogP contribution in [0.4, 0.5) is 0 Å². The van der Waals surface area contributed by atoms with Crippen molar-refractivity contribution in [2.24, 2.45) is 28.7 Å². The number of nitrogens with zero attached hydrogens (tertiary/aromatic N) is 2. The lowest BCUT2D eigenvalue weighted by Crippen LogP contribution is -2.39. The Kier molecular flexibility index (Phi) is 5.56. The smallest absolute Gasteiger partial charge is 0.233 e. The second-order valence-electron chi connectivity index (χ2n) is 7.85. The minimum Gasteiger partial charge on any atom is -0.496 e. The first-order chi connectivity index (χ1) is 14.1. The van der Waals surface area contributed by atoms with Crippen molar-refractivity contribution in [3.8, 4) is 5.75 Å². The summed E-state index contributed by atoms with van der Waals surface area (Å²) in [5.74, 6) is 1.86. The average molecular weight is 396 g/mol. The molecule has 154 valence electrons. The Morgan fingerprint density at radius 2 is 1.83 bits per heavy atom. The van der Waals surface area contributed by atoms with Crippen molar-refractivity contribution in [3.05, 3.63) is 42.0 Å². The Labute approximate surface area is 171 Å². The molecule has 0 spiro atoms. The Morgan fingerprint density at radius 3 is 2.48 bits per heavy atom. The molecule has 7 heteroatoms. The number of guanidine groups is 1. The van der Waals surface area contributed by atoms with Crippen molar-refractivity contribution in [1.82, 2.24) is 15.5 Å². The lowest BCUT2D eigenvalue weighted by molar-refractivity contribution is -0.140. The molecule has 1 saturated carbocycles. The quantitative estimate of drug-likeness (QED) is 0.240. The van der Waals surface area contributed by atoms with Crippen molar-refractivity contribution in [3.63, 3.8) is 0 Å². The van der Waals surface area contributed by atoms with Gasteiger partial charge in [-0.3, -0.25) is 19.5 Å². The maximum atomic E-state index is 12.7. The highest BCUT2D eigenvalue weighted by atomic mass is 16.5. The summed E-state index contributed by atoms with van der Waals surface area (Å²) in [5.41, 5.74) is 1.04. The van der Waals surface area contributed by atoms with Gasteiger partial charge in [0.05, 0.1) is 18.9 Å². The normalized spacial score (nSPS) is 27.5. The first kappa shape index (κ1) is 19.5. The van der Waals surface area contributed by atoms with Crippen LogP contribution in [0.5, 0.6) is 5.75 Å². The molecule has 4 unspecified atom stereocenters. The van der Waals surface area contributed by atoms with Gasteiger partial charge in [0.1, 0.15) is 5.75 Å². The maximum Gasteiger partial charge on any atom is 0.233 e. The summed E-state index contributed by atoms with van der Waals surface area (Å²) in [6, 6.07) is 7.83. The lowest BCUT2D eigenvalue weighted by Gasteiger charge is -2.18. The third-order valence-electron chi connectivity index (χ3n) is 6.27. The van der Waals surface area contributed by atoms with Crippen LogP contribution in [0.2, 0.25) is 0 Å². The molecule has 4 rings (SSSR count). The molecule has 2 N–H and O–H groups in total. The average Bonchev–Trinajstić information content (AvgIpc) is 3.42. The number of hydrogen-bond donors (Lipinski definition) is 2. The zero-order valence-electron chi connectivity index (χ0n) is 16.9. The van der Waals surface area contributed by atoms with Gasteiger partial charge >= 0.3 is 0 Å². The zero-order valence-corrected chi connectivity index (χ0v) is 16.9. The predicted molar refractivity (Wildman–Crippen MR) is 110 cm³/mol. The number of aliphatic imine (C=N–C) groups is 1. The number of para-hydroxylation sites is 1. The summed E-state index contributed by atoms with van der Waals surface area (Å²) in [6.07, 6.45) is 5.91. The number of methoxy groups -OCH3 is 1. The van der Waals surface area contributed by atoms with Crippen molar-refractivity contribution in [2.45, 2.75) is 19.4 Å². The van der Waals surface area contributed by atoms with Crippen molar-refractivity contribution < 1.29 is 14.3 Å². The number of rotatable bonds is 7. The van der Waals surface area contributed by atoms with Crippen LogP contribution in [0.25, 0.3) is 0 Å². The largest absolute Gasteiger partial charge is 0.496 e. The lowest BCUT2D eigenvalue weighted by atomic mass is 9.85. The van der Waals surface area contributed by atoms with Gasteiger partial charge in [-0.15, -0.1) is 0 Å². The number of carbonyl (C=O) groups is 2. The molecule has 4 atom stereocenters. The number of carbonyl (C=O) groups excluding carboxylic acids is 2. The highest BCUT2D eigenvalue weighted by molar-refractivity contribution is 6.06. The molecule has 0 aromatic heterocycles. The highest BCUT2D eigenvalue weighted by Gasteiger charge is 2.58. The molecule has 1 heterocycles. The first-order valence-electron chi connectivity index (χ1n) is 10.2. The fraction of sp³-hybridized carbons (Fsp3) is 0.500. The van der Waals surface area contributed by atoms with E-state index >= 15 is 0 Å². The monoisotopic (exact) mass is 396 g/mol. The van der Waals surface area contributed by atoms with Crippen LogP contribution in [0, 0.1) is 23.7 Å². The molecule has 2 aliphatic carbocycles. The number of ether oxygens (including phenoxy) is 1. The zero-order chi connectivity index (χ0) is 20.4. The van der Waals surface area contributed by atoms with Gasteiger partial charge in [-0.1, -0.05) is 30.4 Å². The van der Waals surface area contributed by atoms with E-state index in [0.717, 1.165) is 17.7 Å². The molecule has 1 aromatic carbocycles. The van der Waals surface area contributed by atoms with Crippen LogP contribution in [-0.2, 0) is 16.1 Å². The molecule has 7 nitrogen and oxygen atoms in total. The van der Waals surface area contributed by atoms with Gasteiger partial charge < -0.3 is 15.4 Å². The van der Waals surface area contributed by atoms with Crippen LogP contribution >= 0.6 is 0 Å². The Balaban J connectivity index is 1.23. The van der Waals surface area contributed by atoms with E-state index in [9.17, 15) is 9.59 Å². The SMILES string of the molecule is CN=C(NCCCN1C(=O)C2C3C=CC(C3)C2C1=O)NCc1ccccc1OC. The standard InChI is InChI=1S/C22H28N4O3/c1-23-22(25-13-16-6-3-4-7-17(16)29-2)24-10-5-11-26-20(27)18-14-8-9-15(12-14)19(18)21(26)28/h3-4,6-9,14-15,18-19H,5,10-13H2,1-2H3,(H2,23,24,25). The van der Waals surface area contributed by atoms with Gasteiger partial charge in [-0.05, 0) is 30.7 Å². The fourth-order valence-corrected chi connectivity index (χ4v) is 4.88. The van der Waals surface area contributed by atoms with Gasteiger partial charge in [0, 0.05) is 32.2 Å². The van der Waals surface area contributed by atoms with Gasteiger partial charge in [-0.2, -0.15) is 0 Å². The van der Waals surface area contributed by atoms with E-state index in [1.807, 2.05) is 24.3 Å². The number of hydrogen-bond acceptors (Lipinski definition) is 4. The third-order valence-corrected chi connectivity index (χ3v) is 6.27. The van der Waals surface area contributed by atoms with Crippen LogP contribution in [0.15, 0.2) is 41.4 Å². The van der Waals surface area contributed by atoms with E-state index < -0.39 is 0 Å². The number of amides is 2. The number of imide groups is 1. The molecule has 1 aliphatic heterocycles. The molecular weight excluding hydrogens is 368 g/mol. The summed E-state index contributed by atoms with van der Waals surface area (Å²) in [4.78, 5) is 31.1. The molecule has 29 heavy (non-hydrogen) atoms. The van der Waals surface area contributed by atoms with Crippen molar-refractivity contribution in [1.29, 1.82) is 0 Å². The number of benzene rings is 1. The topological polar surface area (TPSA) is 83.0 Å². The minimum absolute atomic E-state index is 0.0236. The minimum atomic E-state index is -0.110. The van der Waals surface area contributed by atoms with E-state index in [1.165, 1.54) is 4.90 Å². The molecule has 3 aliphatic rings. The second kappa shape index (κ2) is 8.27. The summed E-state index contributed by atoms with van der Waals surface area (Å²) >= 11 is 0. The molecule has 0 radical (unpaired) electrons. The summed E-state index contributed by atoms with van der Waals surface area (Å²) in [7, 11) is 3.37. The highest BCUT2D eigenvalue weighted by Crippen LogP contribution is 2.52. The molecule has 2 fully saturated rings. The van der Waals surface area contributed by atoms with E-state index in [0.29, 0.717) is 32.0 Å². The van der Waals surface area contributed by atoms with Gasteiger partial charge in [0.25, 0.3) is 0 Å². The Hall–Kier alpha value is -2.83. The first-order valence-corrected chi connectivity index (χ1v) is 10.2. The molecule has 2 bridgehead atoms. The number of allylic oxidation sites excluding steroid dienone is 2. The van der Waals surface area contributed by atoms with E-state index in [2.05, 4.69) is 27.8 Å². The molecule has 1 saturated heterocycles. The van der Waals surface area contributed by atoms with Crippen LogP contribution < -0.4 is 15.4 Å². The number of fused-ring (bicyclic) bond motifs is 5. The molecular formula is C22H28N4O3. The van der Waals surface area contributed by atoms with E-state index in [4.69, 9.17) is 4.74 Å². The fourth-order valence-electron chi connectivity index (χ4n) is 4.88. The van der Waals surface area contributed by atoms with Crippen LogP contribution in [0.1, 0.15) is 18.4 Å². The molecule has 2 amide bonds. The maximum absolute atomic E-state index is 12.7. The van der Waals surface area contributed by atoms with Gasteiger partial charge in [0.2, 0.25) is 11.8 Å². The van der Waals surface area contributed by atoms with Crippen molar-refractivity contribution >= 4 is 17.8 Å². The summed E-state index contributed by atoms with van der Waals surface area (Å²) in [5, 5.41) is 6.51. The number of likely N-dealkylation sites (tertiary alicyclic amines) is 1. The summed E-state index contributed by atoms with van der Waals surface area (Å²) < 4.78 is 5.36. The van der Waals surface area contributed by atoms with Gasteiger partial charge in [0.15, 0.2) is 5.96 Å². The second-order valence-corrected chi connectivity index (χ2v) is 7.85. The number of nitrogens with one attached hydrogen (secondary N) is 2. The van der Waals surface area contributed by atoms with E-state index in [1.54, 1.807) is 14.2 Å². The third kappa shape index (κ3) is 3.61. The van der Waals surface area contributed by atoms with E-state index in [-0.39, 0.29) is 35.5 Å². The Bertz CT molecular complexity index is 820.